The molecule has 0 atom stereocenters. The lowest BCUT2D eigenvalue weighted by Crippen LogP contribution is -2.29. The average molecular weight is 684 g/mol. The molecule has 5 aromatic carbocycles. The van der Waals surface area contributed by atoms with Crippen LogP contribution in [0.15, 0.2) is 126 Å². The number of ether oxygens (including phenoxy) is 1. The summed E-state index contributed by atoms with van der Waals surface area (Å²) in [6, 6.07) is 34.4. The Hall–Kier alpha value is -4.56. The molecule has 9 heteroatoms. The fourth-order valence-corrected chi connectivity index (χ4v) is 7.10. The van der Waals surface area contributed by atoms with Crippen LogP contribution >= 0.6 is 23.2 Å². The summed E-state index contributed by atoms with van der Waals surface area (Å²) in [6.07, 6.45) is 4.73. The van der Waals surface area contributed by atoms with E-state index in [2.05, 4.69) is 59.3 Å². The van der Waals surface area contributed by atoms with Crippen LogP contribution in [0.2, 0.25) is 10.0 Å². The van der Waals surface area contributed by atoms with Gasteiger partial charge >= 0.3 is 0 Å². The largest absolute Gasteiger partial charge is 0.456 e. The number of carbonyl (C=O) groups excluding carboxylic acids is 1. The summed E-state index contributed by atoms with van der Waals surface area (Å²) in [5.74, 6) is 0.525. The Bertz CT molecular complexity index is 2030. The first-order chi connectivity index (χ1) is 22.7. The summed E-state index contributed by atoms with van der Waals surface area (Å²) in [5, 5.41) is 0.757. The highest BCUT2D eigenvalue weighted by molar-refractivity contribution is 7.92. The van der Waals surface area contributed by atoms with Gasteiger partial charge in [0.25, 0.3) is 15.9 Å². The highest BCUT2D eigenvalue weighted by Gasteiger charge is 2.22. The highest BCUT2D eigenvalue weighted by Crippen LogP contribution is 2.34. The zero-order valence-corrected chi connectivity index (χ0v) is 27.9. The standard InChI is InChI=1S/C38H32Cl2N2O4S/c1-42(24-8-13-33-31-11-4-2-9-26(31)16-17-27-10-3-5-12-32(27)33)38(43)34-25-28(39)18-23-36(34)41-47(44,45)30-21-19-29(20-22-30)46-37-15-7-6-14-35(37)40/h2-7,9-15,18-23,25,41H,8,16-17,24H2,1H3. The fraction of sp³-hybridized carbons (Fsp3) is 0.132. The van der Waals surface area contributed by atoms with Gasteiger partial charge in [-0.1, -0.05) is 89.9 Å². The average Bonchev–Trinajstić information content (AvgIpc) is 3.23. The van der Waals surface area contributed by atoms with Gasteiger partial charge in [-0.15, -0.1) is 0 Å². The lowest BCUT2D eigenvalue weighted by molar-refractivity contribution is 0.0798. The predicted octanol–water partition coefficient (Wildman–Crippen LogP) is 9.28. The Balaban J connectivity index is 1.18. The first kappa shape index (κ1) is 32.4. The first-order valence-corrected chi connectivity index (χ1v) is 17.4. The van der Waals surface area contributed by atoms with Gasteiger partial charge in [-0.05, 0) is 102 Å². The minimum Gasteiger partial charge on any atom is -0.456 e. The van der Waals surface area contributed by atoms with Crippen LogP contribution in [0.25, 0.3) is 5.57 Å². The molecule has 1 aliphatic rings. The van der Waals surface area contributed by atoms with Crippen molar-refractivity contribution in [1.82, 2.24) is 4.90 Å². The molecule has 0 fully saturated rings. The van der Waals surface area contributed by atoms with Crippen LogP contribution in [-0.2, 0) is 22.9 Å². The summed E-state index contributed by atoms with van der Waals surface area (Å²) in [6.45, 7) is 0.415. The van der Waals surface area contributed by atoms with Crippen molar-refractivity contribution < 1.29 is 17.9 Å². The van der Waals surface area contributed by atoms with E-state index in [0.717, 1.165) is 18.4 Å². The van der Waals surface area contributed by atoms with Crippen LogP contribution in [0, 0.1) is 0 Å². The molecule has 0 radical (unpaired) electrons. The monoisotopic (exact) mass is 682 g/mol. The molecule has 0 spiro atoms. The fourth-order valence-electron chi connectivity index (χ4n) is 5.67. The van der Waals surface area contributed by atoms with Crippen molar-refractivity contribution in [3.05, 3.63) is 159 Å². The number of nitrogens with one attached hydrogen (secondary N) is 1. The highest BCUT2D eigenvalue weighted by atomic mass is 35.5. The van der Waals surface area contributed by atoms with Crippen molar-refractivity contribution in [2.24, 2.45) is 0 Å². The predicted molar refractivity (Wildman–Crippen MR) is 189 cm³/mol. The van der Waals surface area contributed by atoms with E-state index in [4.69, 9.17) is 27.9 Å². The summed E-state index contributed by atoms with van der Waals surface area (Å²) in [5.41, 5.74) is 6.47. The second-order valence-corrected chi connectivity index (χ2v) is 13.8. The number of halogens is 2. The zero-order valence-electron chi connectivity index (χ0n) is 25.6. The number of para-hydroxylation sites is 1. The SMILES string of the molecule is CN(CCC=C1c2ccccc2CCc2ccccc21)C(=O)c1cc(Cl)ccc1NS(=O)(=O)c1ccc(Oc2ccccc2Cl)cc1. The summed E-state index contributed by atoms with van der Waals surface area (Å²) in [7, 11) is -2.35. The third kappa shape index (κ3) is 7.38. The molecular weight excluding hydrogens is 651 g/mol. The summed E-state index contributed by atoms with van der Waals surface area (Å²) >= 11 is 12.5. The van der Waals surface area contributed by atoms with Crippen LogP contribution < -0.4 is 9.46 Å². The molecule has 0 heterocycles. The number of benzene rings is 5. The number of hydrogen-bond acceptors (Lipinski definition) is 4. The molecule has 0 saturated heterocycles. The molecule has 238 valence electrons. The quantitative estimate of drug-likeness (QED) is 0.168. The molecule has 47 heavy (non-hydrogen) atoms. The first-order valence-electron chi connectivity index (χ1n) is 15.2. The summed E-state index contributed by atoms with van der Waals surface area (Å²) < 4.78 is 35.1. The number of fused-ring (bicyclic) bond motifs is 2. The summed E-state index contributed by atoms with van der Waals surface area (Å²) in [4.78, 5) is 15.3. The molecule has 0 saturated carbocycles. The third-order valence-corrected chi connectivity index (χ3v) is 10.0. The van der Waals surface area contributed by atoms with Crippen LogP contribution in [-0.4, -0.2) is 32.8 Å². The minimum atomic E-state index is -4.05. The molecule has 6 rings (SSSR count). The van der Waals surface area contributed by atoms with Crippen LogP contribution in [0.1, 0.15) is 39.0 Å². The second kappa shape index (κ2) is 14.1. The van der Waals surface area contributed by atoms with E-state index in [-0.39, 0.29) is 22.1 Å². The van der Waals surface area contributed by atoms with Gasteiger partial charge in [0.05, 0.1) is 21.2 Å². The van der Waals surface area contributed by atoms with Gasteiger partial charge in [-0.25, -0.2) is 8.42 Å². The van der Waals surface area contributed by atoms with Crippen molar-refractivity contribution in [3.63, 3.8) is 0 Å². The van der Waals surface area contributed by atoms with Crippen molar-refractivity contribution >= 4 is 50.4 Å². The van der Waals surface area contributed by atoms with Crippen molar-refractivity contribution in [1.29, 1.82) is 0 Å². The van der Waals surface area contributed by atoms with Gasteiger partial charge in [0.2, 0.25) is 0 Å². The van der Waals surface area contributed by atoms with E-state index < -0.39 is 10.0 Å². The van der Waals surface area contributed by atoms with E-state index in [1.807, 2.05) is 0 Å². The minimum absolute atomic E-state index is 0.00120. The molecule has 5 aromatic rings. The van der Waals surface area contributed by atoms with Crippen LogP contribution in [0.4, 0.5) is 5.69 Å². The van der Waals surface area contributed by atoms with E-state index in [1.54, 1.807) is 54.4 Å². The number of nitrogens with zero attached hydrogens (tertiary/aromatic N) is 1. The Morgan fingerprint density at radius 3 is 2.11 bits per heavy atom. The number of hydrogen-bond donors (Lipinski definition) is 1. The molecule has 6 nitrogen and oxygen atoms in total. The van der Waals surface area contributed by atoms with E-state index in [1.165, 1.54) is 46.5 Å². The number of rotatable bonds is 9. The van der Waals surface area contributed by atoms with Crippen molar-refractivity contribution in [2.75, 3.05) is 18.3 Å². The maximum absolute atomic E-state index is 13.7. The Morgan fingerprint density at radius 1 is 0.830 bits per heavy atom. The number of amides is 1. The van der Waals surface area contributed by atoms with Gasteiger partial charge < -0.3 is 9.64 Å². The molecule has 1 N–H and O–H groups in total. The second-order valence-electron chi connectivity index (χ2n) is 11.2. The molecular formula is C38H32Cl2N2O4S. The molecule has 0 bridgehead atoms. The van der Waals surface area contributed by atoms with Crippen molar-refractivity contribution in [2.45, 2.75) is 24.2 Å². The molecule has 0 unspecified atom stereocenters. The normalized spacial score (nSPS) is 12.4. The van der Waals surface area contributed by atoms with E-state index in [0.29, 0.717) is 34.5 Å². The lowest BCUT2D eigenvalue weighted by atomic mass is 9.93. The van der Waals surface area contributed by atoms with E-state index in [9.17, 15) is 13.2 Å². The third-order valence-electron chi connectivity index (χ3n) is 8.09. The molecule has 0 aliphatic heterocycles. The van der Waals surface area contributed by atoms with Gasteiger partial charge in [-0.3, -0.25) is 9.52 Å². The maximum atomic E-state index is 13.7. The topological polar surface area (TPSA) is 75.7 Å². The number of anilines is 1. The maximum Gasteiger partial charge on any atom is 0.261 e. The Kier molecular flexibility index (Phi) is 9.68. The number of sulfonamides is 1. The Labute approximate surface area is 285 Å². The van der Waals surface area contributed by atoms with Crippen LogP contribution in [0.5, 0.6) is 11.5 Å². The van der Waals surface area contributed by atoms with E-state index >= 15 is 0 Å². The molecule has 1 amide bonds. The lowest BCUT2D eigenvalue weighted by Gasteiger charge is -2.20. The Morgan fingerprint density at radius 2 is 1.45 bits per heavy atom. The van der Waals surface area contributed by atoms with Gasteiger partial charge in [0.1, 0.15) is 11.5 Å². The van der Waals surface area contributed by atoms with Gasteiger partial charge in [-0.2, -0.15) is 0 Å². The molecule has 0 aromatic heterocycles. The van der Waals surface area contributed by atoms with Crippen molar-refractivity contribution in [3.8, 4) is 11.5 Å². The number of aryl methyl sites for hydroxylation is 2. The zero-order chi connectivity index (χ0) is 33.0. The smallest absolute Gasteiger partial charge is 0.261 e. The van der Waals surface area contributed by atoms with Crippen LogP contribution in [0.3, 0.4) is 0 Å². The van der Waals surface area contributed by atoms with Gasteiger partial charge in [0, 0.05) is 18.6 Å². The molecule has 1 aliphatic carbocycles. The number of carbonyl (C=O) groups is 1. The van der Waals surface area contributed by atoms with Gasteiger partial charge in [0.15, 0.2) is 0 Å².